The fraction of sp³-hybridized carbons (Fsp3) is 0.579. The van der Waals surface area contributed by atoms with Crippen molar-refractivity contribution in [1.82, 2.24) is 4.72 Å². The van der Waals surface area contributed by atoms with Crippen molar-refractivity contribution in [3.63, 3.8) is 0 Å². The molecule has 1 aromatic rings. The standard InChI is InChI=1S/C19H24N2O5S/c22-16(19(17(23)24)11-18(12-19)8-1-9-18)21-14-4-6-15(7-5-14)27(25,26)20-10-13-2-3-13/h4-7,13,20H,1-3,8-12H2,(H,21,22)(H,23,24). The third-order valence-electron chi connectivity index (χ3n) is 6.29. The summed E-state index contributed by atoms with van der Waals surface area (Å²) in [5, 5.41) is 12.3. The normalized spacial score (nSPS) is 22.5. The van der Waals surface area contributed by atoms with Gasteiger partial charge in [-0.25, -0.2) is 13.1 Å². The molecule has 0 aromatic heterocycles. The van der Waals surface area contributed by atoms with Crippen LogP contribution in [0.1, 0.15) is 44.9 Å². The number of amides is 1. The number of sulfonamides is 1. The van der Waals surface area contributed by atoms with Gasteiger partial charge in [-0.2, -0.15) is 0 Å². The number of nitrogens with one attached hydrogen (secondary N) is 2. The van der Waals surface area contributed by atoms with Crippen molar-refractivity contribution in [2.45, 2.75) is 49.8 Å². The Morgan fingerprint density at radius 3 is 2.22 bits per heavy atom. The summed E-state index contributed by atoms with van der Waals surface area (Å²) in [5.41, 5.74) is -0.922. The number of carboxylic acid groups (broad SMARTS) is 1. The van der Waals surface area contributed by atoms with Gasteiger partial charge in [-0.15, -0.1) is 0 Å². The minimum Gasteiger partial charge on any atom is -0.480 e. The molecule has 3 N–H and O–H groups in total. The van der Waals surface area contributed by atoms with Crippen LogP contribution in [0, 0.1) is 16.7 Å². The first-order chi connectivity index (χ1) is 12.7. The molecule has 27 heavy (non-hydrogen) atoms. The average Bonchev–Trinajstić information content (AvgIpc) is 3.35. The average molecular weight is 392 g/mol. The molecule has 1 amide bonds. The molecule has 0 heterocycles. The fourth-order valence-corrected chi connectivity index (χ4v) is 5.38. The van der Waals surface area contributed by atoms with Crippen molar-refractivity contribution < 1.29 is 23.1 Å². The third-order valence-corrected chi connectivity index (χ3v) is 7.73. The highest BCUT2D eigenvalue weighted by atomic mass is 32.2. The van der Waals surface area contributed by atoms with Crippen molar-refractivity contribution in [3.05, 3.63) is 24.3 Å². The van der Waals surface area contributed by atoms with Crippen molar-refractivity contribution in [2.75, 3.05) is 11.9 Å². The topological polar surface area (TPSA) is 113 Å². The van der Waals surface area contributed by atoms with E-state index in [2.05, 4.69) is 10.0 Å². The van der Waals surface area contributed by atoms with E-state index >= 15 is 0 Å². The Labute approximate surface area is 158 Å². The van der Waals surface area contributed by atoms with Crippen LogP contribution in [0.2, 0.25) is 0 Å². The summed E-state index contributed by atoms with van der Waals surface area (Å²) >= 11 is 0. The van der Waals surface area contributed by atoms with Gasteiger partial charge in [0.25, 0.3) is 0 Å². The van der Waals surface area contributed by atoms with Gasteiger partial charge in [0.05, 0.1) is 4.90 Å². The van der Waals surface area contributed by atoms with Gasteiger partial charge in [-0.1, -0.05) is 6.42 Å². The molecule has 0 bridgehead atoms. The lowest BCUT2D eigenvalue weighted by Crippen LogP contribution is -2.59. The van der Waals surface area contributed by atoms with Crippen LogP contribution in [-0.4, -0.2) is 31.9 Å². The first kappa shape index (κ1) is 18.4. The largest absolute Gasteiger partial charge is 0.480 e. The lowest BCUT2D eigenvalue weighted by molar-refractivity contribution is -0.178. The van der Waals surface area contributed by atoms with Crippen molar-refractivity contribution in [1.29, 1.82) is 0 Å². The molecule has 7 nitrogen and oxygen atoms in total. The Hall–Kier alpha value is -1.93. The van der Waals surface area contributed by atoms with Crippen LogP contribution in [0.3, 0.4) is 0 Å². The molecule has 0 radical (unpaired) electrons. The Morgan fingerprint density at radius 1 is 1.11 bits per heavy atom. The second-order valence-electron chi connectivity index (χ2n) is 8.37. The van der Waals surface area contributed by atoms with E-state index in [0.717, 1.165) is 32.1 Å². The molecule has 0 unspecified atom stereocenters. The van der Waals surface area contributed by atoms with E-state index in [4.69, 9.17) is 0 Å². The zero-order valence-corrected chi connectivity index (χ0v) is 15.8. The molecule has 4 rings (SSSR count). The van der Waals surface area contributed by atoms with Gasteiger partial charge < -0.3 is 10.4 Å². The van der Waals surface area contributed by atoms with Gasteiger partial charge in [0.1, 0.15) is 5.41 Å². The lowest BCUT2D eigenvalue weighted by Gasteiger charge is -2.58. The zero-order valence-electron chi connectivity index (χ0n) is 15.0. The highest BCUT2D eigenvalue weighted by Gasteiger charge is 2.65. The van der Waals surface area contributed by atoms with Crippen LogP contribution >= 0.6 is 0 Å². The summed E-state index contributed by atoms with van der Waals surface area (Å²) in [6.07, 6.45) is 5.98. The van der Waals surface area contributed by atoms with Crippen molar-refractivity contribution in [2.24, 2.45) is 16.7 Å². The van der Waals surface area contributed by atoms with E-state index in [1.165, 1.54) is 24.3 Å². The number of hydrogen-bond donors (Lipinski definition) is 3. The minimum atomic E-state index is -3.56. The Balaban J connectivity index is 1.41. The number of anilines is 1. The summed E-state index contributed by atoms with van der Waals surface area (Å²) < 4.78 is 27.1. The first-order valence-electron chi connectivity index (χ1n) is 9.39. The van der Waals surface area contributed by atoms with Gasteiger partial charge in [0, 0.05) is 12.2 Å². The third kappa shape index (κ3) is 3.36. The minimum absolute atomic E-state index is 0.0426. The maximum absolute atomic E-state index is 12.6. The predicted molar refractivity (Wildman–Crippen MR) is 98.6 cm³/mol. The molecular weight excluding hydrogens is 368 g/mol. The summed E-state index contributed by atoms with van der Waals surface area (Å²) in [7, 11) is -3.56. The number of rotatable bonds is 7. The van der Waals surface area contributed by atoms with Crippen LogP contribution in [0.15, 0.2) is 29.2 Å². The molecule has 8 heteroatoms. The van der Waals surface area contributed by atoms with Crippen LogP contribution in [0.25, 0.3) is 0 Å². The van der Waals surface area contributed by atoms with E-state index in [1.54, 1.807) is 0 Å². The number of carbonyl (C=O) groups excluding carboxylic acids is 1. The maximum atomic E-state index is 12.6. The molecular formula is C19H24N2O5S. The number of hydrogen-bond acceptors (Lipinski definition) is 4. The molecule has 1 spiro atoms. The van der Waals surface area contributed by atoms with Gasteiger partial charge in [-0.05, 0) is 74.1 Å². The van der Waals surface area contributed by atoms with Crippen LogP contribution in [-0.2, 0) is 19.6 Å². The van der Waals surface area contributed by atoms with Crippen LogP contribution < -0.4 is 10.0 Å². The fourth-order valence-electron chi connectivity index (χ4n) is 4.27. The lowest BCUT2D eigenvalue weighted by atomic mass is 9.45. The van der Waals surface area contributed by atoms with Gasteiger partial charge >= 0.3 is 5.97 Å². The van der Waals surface area contributed by atoms with E-state index in [-0.39, 0.29) is 10.3 Å². The predicted octanol–water partition coefficient (Wildman–Crippen LogP) is 2.35. The van der Waals surface area contributed by atoms with Gasteiger partial charge in [0.15, 0.2) is 0 Å². The molecule has 3 saturated carbocycles. The number of carboxylic acids is 1. The summed E-state index contributed by atoms with van der Waals surface area (Å²) in [4.78, 5) is 24.5. The van der Waals surface area contributed by atoms with E-state index in [0.29, 0.717) is 31.0 Å². The Morgan fingerprint density at radius 2 is 1.74 bits per heavy atom. The molecule has 146 valence electrons. The van der Waals surface area contributed by atoms with Crippen LogP contribution in [0.5, 0.6) is 0 Å². The zero-order chi connectivity index (χ0) is 19.3. The summed E-state index contributed by atoms with van der Waals surface area (Å²) in [5.74, 6) is -1.16. The molecule has 0 aliphatic heterocycles. The second-order valence-corrected chi connectivity index (χ2v) is 10.1. The molecule has 1 aromatic carbocycles. The highest BCUT2D eigenvalue weighted by molar-refractivity contribution is 7.89. The summed E-state index contributed by atoms with van der Waals surface area (Å²) in [6, 6.07) is 5.84. The number of aliphatic carboxylic acids is 1. The SMILES string of the molecule is O=C(O)C1(C(=O)Nc2ccc(S(=O)(=O)NCC3CC3)cc2)CC2(CCC2)C1. The summed E-state index contributed by atoms with van der Waals surface area (Å²) in [6.45, 7) is 0.448. The Bertz CT molecular complexity index is 862. The Kier molecular flexibility index (Phi) is 4.31. The van der Waals surface area contributed by atoms with Gasteiger partial charge in [0.2, 0.25) is 15.9 Å². The molecule has 3 aliphatic carbocycles. The monoisotopic (exact) mass is 392 g/mol. The smallest absolute Gasteiger partial charge is 0.319 e. The van der Waals surface area contributed by atoms with Crippen molar-refractivity contribution >= 4 is 27.6 Å². The van der Waals surface area contributed by atoms with Crippen molar-refractivity contribution in [3.8, 4) is 0 Å². The quantitative estimate of drug-likeness (QED) is 0.617. The molecule has 0 atom stereocenters. The maximum Gasteiger partial charge on any atom is 0.319 e. The molecule has 3 aliphatic rings. The van der Waals surface area contributed by atoms with Crippen LogP contribution in [0.4, 0.5) is 5.69 Å². The number of benzene rings is 1. The van der Waals surface area contributed by atoms with E-state index in [9.17, 15) is 23.1 Å². The van der Waals surface area contributed by atoms with E-state index < -0.39 is 27.3 Å². The first-order valence-corrected chi connectivity index (χ1v) is 10.9. The van der Waals surface area contributed by atoms with Gasteiger partial charge in [-0.3, -0.25) is 9.59 Å². The van der Waals surface area contributed by atoms with E-state index in [1.807, 2.05) is 0 Å². The molecule has 3 fully saturated rings. The highest BCUT2D eigenvalue weighted by Crippen LogP contribution is 2.64. The molecule has 0 saturated heterocycles. The number of carbonyl (C=O) groups is 2. The second kappa shape index (κ2) is 6.31.